The van der Waals surface area contributed by atoms with Crippen molar-refractivity contribution in [3.63, 3.8) is 0 Å². The van der Waals surface area contributed by atoms with Gasteiger partial charge in [0, 0.05) is 30.8 Å². The van der Waals surface area contributed by atoms with Crippen molar-refractivity contribution in [3.8, 4) is 0 Å². The number of carbonyl (C=O) groups excluding carboxylic acids is 1. The van der Waals surface area contributed by atoms with Crippen LogP contribution in [0.5, 0.6) is 0 Å². The van der Waals surface area contributed by atoms with Gasteiger partial charge in [0.1, 0.15) is 0 Å². The molecule has 1 N–H and O–H groups in total. The van der Waals surface area contributed by atoms with E-state index in [2.05, 4.69) is 5.16 Å². The number of rotatable bonds is 1. The maximum absolute atomic E-state index is 12.4. The maximum atomic E-state index is 12.4. The number of hydrogen-bond donors (Lipinski definition) is 1. The Kier molecular flexibility index (Phi) is 3.76. The third-order valence-electron chi connectivity index (χ3n) is 3.21. The van der Waals surface area contributed by atoms with Crippen LogP contribution < -0.4 is 0 Å². The molecule has 0 saturated carbocycles. The molecular formula is C12H14N2O3S2. The van der Waals surface area contributed by atoms with Crippen molar-refractivity contribution >= 4 is 34.7 Å². The normalized spacial score (nSPS) is 21.5. The molecule has 0 bridgehead atoms. The van der Waals surface area contributed by atoms with E-state index in [-0.39, 0.29) is 5.91 Å². The molecule has 0 atom stereocenters. The van der Waals surface area contributed by atoms with E-state index >= 15 is 0 Å². The van der Waals surface area contributed by atoms with Crippen molar-refractivity contribution in [2.45, 2.75) is 10.6 Å². The van der Waals surface area contributed by atoms with Gasteiger partial charge in [-0.2, -0.15) is 0 Å². The Morgan fingerprint density at radius 1 is 1.42 bits per heavy atom. The molecule has 2 aliphatic heterocycles. The Morgan fingerprint density at radius 3 is 2.95 bits per heavy atom. The number of oxime groups is 1. The van der Waals surface area contributed by atoms with Gasteiger partial charge < -0.3 is 14.8 Å². The second-order valence-corrected chi connectivity index (χ2v) is 6.78. The molecule has 0 aromatic carbocycles. The number of hydrogen-bond acceptors (Lipinski definition) is 6. The summed E-state index contributed by atoms with van der Waals surface area (Å²) in [7, 11) is 0. The molecule has 7 heteroatoms. The monoisotopic (exact) mass is 298 g/mol. The van der Waals surface area contributed by atoms with Crippen LogP contribution in [0, 0.1) is 0 Å². The van der Waals surface area contributed by atoms with Crippen molar-refractivity contribution in [2.24, 2.45) is 5.16 Å². The van der Waals surface area contributed by atoms with E-state index in [9.17, 15) is 4.79 Å². The van der Waals surface area contributed by atoms with Gasteiger partial charge in [-0.3, -0.25) is 4.79 Å². The Bertz CT molecular complexity index is 521. The predicted molar refractivity (Wildman–Crippen MR) is 74.7 cm³/mol. The second kappa shape index (κ2) is 5.52. The van der Waals surface area contributed by atoms with E-state index in [0.29, 0.717) is 32.0 Å². The topological polar surface area (TPSA) is 62.1 Å². The van der Waals surface area contributed by atoms with E-state index in [1.807, 2.05) is 11.0 Å². The lowest BCUT2D eigenvalue weighted by Crippen LogP contribution is -2.40. The number of fused-ring (bicyclic) bond motifs is 1. The Hall–Kier alpha value is -1.05. The molecule has 1 amide bonds. The summed E-state index contributed by atoms with van der Waals surface area (Å²) in [5.74, 6) is 0.957. The smallest absolute Gasteiger partial charge is 0.264 e. The Balaban J connectivity index is 1.86. The van der Waals surface area contributed by atoms with Crippen molar-refractivity contribution in [1.29, 1.82) is 0 Å². The number of amides is 1. The van der Waals surface area contributed by atoms with Crippen molar-refractivity contribution < 1.29 is 14.7 Å². The Labute approximate surface area is 119 Å². The van der Waals surface area contributed by atoms with Crippen molar-refractivity contribution in [3.05, 3.63) is 16.5 Å². The SMILES string of the molecule is O=C(c1cc2c(s1)SCCC2=NO)N1CCOCC1. The van der Waals surface area contributed by atoms with Crippen LogP contribution in [0.3, 0.4) is 0 Å². The third-order valence-corrected chi connectivity index (χ3v) is 5.62. The van der Waals surface area contributed by atoms with E-state index in [1.54, 1.807) is 11.8 Å². The largest absolute Gasteiger partial charge is 0.411 e. The highest BCUT2D eigenvalue weighted by atomic mass is 32.2. The maximum Gasteiger partial charge on any atom is 0.264 e. The number of ether oxygens (including phenoxy) is 1. The van der Waals surface area contributed by atoms with Crippen LogP contribution in [0.25, 0.3) is 0 Å². The lowest BCUT2D eigenvalue weighted by atomic mass is 10.1. The second-order valence-electron chi connectivity index (χ2n) is 4.36. The lowest BCUT2D eigenvalue weighted by molar-refractivity contribution is 0.0306. The van der Waals surface area contributed by atoms with Gasteiger partial charge >= 0.3 is 0 Å². The number of carbonyl (C=O) groups is 1. The quantitative estimate of drug-likeness (QED) is 0.635. The number of thioether (sulfide) groups is 1. The van der Waals surface area contributed by atoms with Crippen LogP contribution in [0.15, 0.2) is 15.4 Å². The molecule has 1 saturated heterocycles. The molecule has 0 spiro atoms. The van der Waals surface area contributed by atoms with Gasteiger partial charge in [-0.15, -0.1) is 23.1 Å². The summed E-state index contributed by atoms with van der Waals surface area (Å²) in [5, 5.41) is 12.3. The van der Waals surface area contributed by atoms with Gasteiger partial charge in [-0.25, -0.2) is 0 Å². The molecule has 1 aromatic rings. The minimum absolute atomic E-state index is 0.0561. The molecule has 2 aliphatic rings. The molecule has 0 aliphatic carbocycles. The lowest BCUT2D eigenvalue weighted by Gasteiger charge is -2.26. The van der Waals surface area contributed by atoms with E-state index in [0.717, 1.165) is 26.8 Å². The van der Waals surface area contributed by atoms with Gasteiger partial charge in [0.15, 0.2) is 0 Å². The standard InChI is InChI=1S/C12H14N2O3S2/c15-11(14-2-4-17-5-3-14)10-7-8-9(13-16)1-6-18-12(8)19-10/h7,16H,1-6H2. The van der Waals surface area contributed by atoms with Crippen LogP contribution in [0.2, 0.25) is 0 Å². The summed E-state index contributed by atoms with van der Waals surface area (Å²) in [6.07, 6.45) is 0.746. The van der Waals surface area contributed by atoms with Gasteiger partial charge in [-0.05, 0) is 6.07 Å². The summed E-state index contributed by atoms with van der Waals surface area (Å²) >= 11 is 3.22. The molecule has 1 fully saturated rings. The highest BCUT2D eigenvalue weighted by Gasteiger charge is 2.25. The van der Waals surface area contributed by atoms with Crippen molar-refractivity contribution in [2.75, 3.05) is 32.1 Å². The Morgan fingerprint density at radius 2 is 2.21 bits per heavy atom. The first-order valence-corrected chi connectivity index (χ1v) is 7.95. The summed E-state index contributed by atoms with van der Waals surface area (Å²) in [4.78, 5) is 14.9. The number of thiophene rings is 1. The predicted octanol–water partition coefficient (Wildman–Crippen LogP) is 1.89. The fraction of sp³-hybridized carbons (Fsp3) is 0.500. The third kappa shape index (κ3) is 2.50. The summed E-state index contributed by atoms with van der Waals surface area (Å²) < 4.78 is 6.33. The van der Waals surface area contributed by atoms with Crippen molar-refractivity contribution in [1.82, 2.24) is 4.90 Å². The van der Waals surface area contributed by atoms with Crippen LogP contribution in [0.1, 0.15) is 21.7 Å². The molecule has 1 aromatic heterocycles. The molecule has 3 heterocycles. The van der Waals surface area contributed by atoms with Gasteiger partial charge in [0.25, 0.3) is 5.91 Å². The van der Waals surface area contributed by atoms with Gasteiger partial charge in [0.2, 0.25) is 0 Å². The fourth-order valence-electron chi connectivity index (χ4n) is 2.19. The minimum atomic E-state index is 0.0561. The van der Waals surface area contributed by atoms with Crippen LogP contribution in [-0.4, -0.2) is 53.8 Å². The highest BCUT2D eigenvalue weighted by Crippen LogP contribution is 2.37. The number of morpholine rings is 1. The molecule has 102 valence electrons. The summed E-state index contributed by atoms with van der Waals surface area (Å²) in [6, 6.07) is 1.86. The molecular weight excluding hydrogens is 284 g/mol. The van der Waals surface area contributed by atoms with E-state index in [4.69, 9.17) is 9.94 Å². The first kappa shape index (κ1) is 13.0. The first-order valence-electron chi connectivity index (χ1n) is 6.14. The molecule has 19 heavy (non-hydrogen) atoms. The zero-order chi connectivity index (χ0) is 13.2. The summed E-state index contributed by atoms with van der Waals surface area (Å²) in [5.41, 5.74) is 1.60. The van der Waals surface area contributed by atoms with Crippen LogP contribution in [0.4, 0.5) is 0 Å². The van der Waals surface area contributed by atoms with Gasteiger partial charge in [0.05, 0.1) is 28.0 Å². The van der Waals surface area contributed by atoms with Gasteiger partial charge in [-0.1, -0.05) is 5.16 Å². The fourth-order valence-corrected chi connectivity index (χ4v) is 4.64. The van der Waals surface area contributed by atoms with Crippen LogP contribution in [-0.2, 0) is 4.74 Å². The molecule has 0 unspecified atom stereocenters. The molecule has 0 radical (unpaired) electrons. The van der Waals surface area contributed by atoms with E-state index < -0.39 is 0 Å². The van der Waals surface area contributed by atoms with E-state index in [1.165, 1.54) is 11.3 Å². The molecule has 5 nitrogen and oxygen atoms in total. The highest BCUT2D eigenvalue weighted by molar-refractivity contribution is 8.01. The first-order chi connectivity index (χ1) is 9.29. The summed E-state index contributed by atoms with van der Waals surface area (Å²) in [6.45, 7) is 2.51. The minimum Gasteiger partial charge on any atom is -0.411 e. The number of nitrogens with zero attached hydrogens (tertiary/aromatic N) is 2. The van der Waals surface area contributed by atoms with Crippen LogP contribution >= 0.6 is 23.1 Å². The zero-order valence-corrected chi connectivity index (χ0v) is 11.9. The zero-order valence-electron chi connectivity index (χ0n) is 10.3. The average Bonchev–Trinajstić information content (AvgIpc) is 2.91. The average molecular weight is 298 g/mol. The molecule has 3 rings (SSSR count).